The van der Waals surface area contributed by atoms with Crippen molar-refractivity contribution in [3.63, 3.8) is 0 Å². The number of halogens is 1. The number of amides is 3. The van der Waals surface area contributed by atoms with Gasteiger partial charge in [-0.1, -0.05) is 12.1 Å². The Morgan fingerprint density at radius 3 is 2.63 bits per heavy atom. The summed E-state index contributed by atoms with van der Waals surface area (Å²) >= 11 is 0. The van der Waals surface area contributed by atoms with Crippen molar-refractivity contribution in [1.82, 2.24) is 10.3 Å². The van der Waals surface area contributed by atoms with Crippen LogP contribution in [0.15, 0.2) is 66.9 Å². The van der Waals surface area contributed by atoms with E-state index in [1.54, 1.807) is 23.2 Å². The number of hydrogen-bond acceptors (Lipinski definition) is 3. The van der Waals surface area contributed by atoms with Gasteiger partial charge in [-0.2, -0.15) is 0 Å². The largest absolute Gasteiger partial charge is 0.352 e. The third kappa shape index (κ3) is 4.30. The second-order valence-corrected chi connectivity index (χ2v) is 6.97. The molecule has 0 spiro atoms. The first-order chi connectivity index (χ1) is 14.6. The van der Waals surface area contributed by atoms with Crippen molar-refractivity contribution in [3.8, 4) is 0 Å². The summed E-state index contributed by atoms with van der Waals surface area (Å²) in [4.78, 5) is 31.2. The number of rotatable bonds is 5. The molecule has 0 saturated carbocycles. The molecular weight excluding hydrogens is 383 g/mol. The van der Waals surface area contributed by atoms with Crippen molar-refractivity contribution in [2.24, 2.45) is 0 Å². The molecule has 2 heterocycles. The molecule has 6 nitrogen and oxygen atoms in total. The standard InChI is InChI=1S/C23H21FN4O2/c24-16-7-9-18(10-8-16)27-23(30)28-15-12-19-20(5-3-6-21(19)28)22(29)26-14-11-17-4-1-2-13-25-17/h1-10,13H,11-12,14-15H2,(H,26,29)(H,27,30). The van der Waals surface area contributed by atoms with E-state index in [1.807, 2.05) is 24.3 Å². The number of hydrogen-bond donors (Lipinski definition) is 2. The Hall–Kier alpha value is -3.74. The van der Waals surface area contributed by atoms with Crippen LogP contribution in [0, 0.1) is 5.82 Å². The Morgan fingerprint density at radius 1 is 1.03 bits per heavy atom. The van der Waals surface area contributed by atoms with Gasteiger partial charge in [-0.05, 0) is 60.5 Å². The summed E-state index contributed by atoms with van der Waals surface area (Å²) in [6.07, 6.45) is 2.97. The van der Waals surface area contributed by atoms with Crippen LogP contribution in [0.25, 0.3) is 0 Å². The maximum Gasteiger partial charge on any atom is 0.326 e. The molecule has 2 aromatic carbocycles. The average molecular weight is 404 g/mol. The topological polar surface area (TPSA) is 74.3 Å². The third-order valence-corrected chi connectivity index (χ3v) is 5.01. The number of carbonyl (C=O) groups excluding carboxylic acids is 2. The molecule has 0 unspecified atom stereocenters. The fraction of sp³-hybridized carbons (Fsp3) is 0.174. The molecule has 152 valence electrons. The zero-order valence-corrected chi connectivity index (χ0v) is 16.3. The smallest absolute Gasteiger partial charge is 0.326 e. The molecule has 0 aliphatic carbocycles. The van der Waals surface area contributed by atoms with Crippen LogP contribution < -0.4 is 15.5 Å². The normalized spacial score (nSPS) is 12.4. The van der Waals surface area contributed by atoms with Gasteiger partial charge in [-0.25, -0.2) is 9.18 Å². The molecule has 4 rings (SSSR count). The van der Waals surface area contributed by atoms with Crippen molar-refractivity contribution in [2.75, 3.05) is 23.3 Å². The minimum absolute atomic E-state index is 0.163. The molecule has 0 bridgehead atoms. The number of nitrogens with zero attached hydrogens (tertiary/aromatic N) is 2. The number of carbonyl (C=O) groups is 2. The molecule has 3 aromatic rings. The van der Waals surface area contributed by atoms with Crippen LogP contribution in [0.2, 0.25) is 0 Å². The van der Waals surface area contributed by atoms with Crippen LogP contribution in [-0.4, -0.2) is 30.0 Å². The summed E-state index contributed by atoms with van der Waals surface area (Å²) < 4.78 is 13.1. The SMILES string of the molecule is O=C(NCCc1ccccn1)c1cccc2c1CCN2C(=O)Nc1ccc(F)cc1. The van der Waals surface area contributed by atoms with Gasteiger partial charge in [0.05, 0.1) is 0 Å². The summed E-state index contributed by atoms with van der Waals surface area (Å²) in [5, 5.41) is 5.70. The number of nitrogens with one attached hydrogen (secondary N) is 2. The van der Waals surface area contributed by atoms with Crippen molar-refractivity contribution >= 4 is 23.3 Å². The Bertz CT molecular complexity index is 1050. The minimum atomic E-state index is -0.363. The lowest BCUT2D eigenvalue weighted by atomic mass is 10.0. The van der Waals surface area contributed by atoms with Crippen LogP contribution >= 0.6 is 0 Å². The van der Waals surface area contributed by atoms with Gasteiger partial charge < -0.3 is 10.6 Å². The second-order valence-electron chi connectivity index (χ2n) is 6.97. The molecule has 1 aliphatic rings. The molecule has 2 N–H and O–H groups in total. The van der Waals surface area contributed by atoms with Crippen LogP contribution in [0.3, 0.4) is 0 Å². The van der Waals surface area contributed by atoms with E-state index in [2.05, 4.69) is 15.6 Å². The van der Waals surface area contributed by atoms with E-state index in [9.17, 15) is 14.0 Å². The van der Waals surface area contributed by atoms with E-state index in [0.717, 1.165) is 11.3 Å². The number of pyridine rings is 1. The molecule has 3 amide bonds. The van der Waals surface area contributed by atoms with E-state index in [4.69, 9.17) is 0 Å². The lowest BCUT2D eigenvalue weighted by Crippen LogP contribution is -2.33. The Balaban J connectivity index is 1.42. The number of fused-ring (bicyclic) bond motifs is 1. The van der Waals surface area contributed by atoms with Gasteiger partial charge in [-0.3, -0.25) is 14.7 Å². The lowest BCUT2D eigenvalue weighted by Gasteiger charge is -2.18. The van der Waals surface area contributed by atoms with Crippen LogP contribution in [-0.2, 0) is 12.8 Å². The van der Waals surface area contributed by atoms with Crippen LogP contribution in [0.4, 0.5) is 20.6 Å². The van der Waals surface area contributed by atoms with Crippen LogP contribution in [0.1, 0.15) is 21.6 Å². The van der Waals surface area contributed by atoms with E-state index in [0.29, 0.717) is 42.9 Å². The van der Waals surface area contributed by atoms with E-state index in [-0.39, 0.29) is 17.8 Å². The monoisotopic (exact) mass is 404 g/mol. The van der Waals surface area contributed by atoms with Gasteiger partial charge in [-0.15, -0.1) is 0 Å². The van der Waals surface area contributed by atoms with E-state index < -0.39 is 0 Å². The molecule has 0 atom stereocenters. The quantitative estimate of drug-likeness (QED) is 0.680. The summed E-state index contributed by atoms with van der Waals surface area (Å²) in [6.45, 7) is 0.953. The maximum atomic E-state index is 13.1. The molecule has 1 aliphatic heterocycles. The second kappa shape index (κ2) is 8.73. The van der Waals surface area contributed by atoms with Crippen LogP contribution in [0.5, 0.6) is 0 Å². The van der Waals surface area contributed by atoms with Gasteiger partial charge in [0.25, 0.3) is 5.91 Å². The highest BCUT2D eigenvalue weighted by atomic mass is 19.1. The van der Waals surface area contributed by atoms with Crippen molar-refractivity contribution in [3.05, 3.63) is 89.5 Å². The van der Waals surface area contributed by atoms with Crippen molar-refractivity contribution in [1.29, 1.82) is 0 Å². The predicted molar refractivity (Wildman–Crippen MR) is 113 cm³/mol. The number of benzene rings is 2. The fourth-order valence-corrected chi connectivity index (χ4v) is 3.53. The summed E-state index contributed by atoms with van der Waals surface area (Å²) in [6, 6.07) is 16.4. The maximum absolute atomic E-state index is 13.1. The average Bonchev–Trinajstić information content (AvgIpc) is 3.20. The van der Waals surface area contributed by atoms with E-state index >= 15 is 0 Å². The molecule has 0 saturated heterocycles. The first kappa shape index (κ1) is 19.6. The first-order valence-corrected chi connectivity index (χ1v) is 9.76. The fourth-order valence-electron chi connectivity index (χ4n) is 3.53. The van der Waals surface area contributed by atoms with Crippen molar-refractivity contribution in [2.45, 2.75) is 12.8 Å². The van der Waals surface area contributed by atoms with Gasteiger partial charge in [0, 0.05) is 48.3 Å². The molecular formula is C23H21FN4O2. The Labute approximate surface area is 173 Å². The minimum Gasteiger partial charge on any atom is -0.352 e. The number of anilines is 2. The highest BCUT2D eigenvalue weighted by Gasteiger charge is 2.28. The first-order valence-electron chi connectivity index (χ1n) is 9.76. The Kier molecular flexibility index (Phi) is 5.70. The summed E-state index contributed by atoms with van der Waals surface area (Å²) in [5.41, 5.74) is 3.57. The molecule has 7 heteroatoms. The van der Waals surface area contributed by atoms with Gasteiger partial charge in [0.15, 0.2) is 0 Å². The molecule has 30 heavy (non-hydrogen) atoms. The predicted octanol–water partition coefficient (Wildman–Crippen LogP) is 3.79. The van der Waals surface area contributed by atoms with Gasteiger partial charge in [0.1, 0.15) is 5.82 Å². The number of urea groups is 1. The van der Waals surface area contributed by atoms with Gasteiger partial charge in [0.2, 0.25) is 0 Å². The Morgan fingerprint density at radius 2 is 1.87 bits per heavy atom. The van der Waals surface area contributed by atoms with E-state index in [1.165, 1.54) is 24.3 Å². The van der Waals surface area contributed by atoms with Gasteiger partial charge >= 0.3 is 6.03 Å². The zero-order chi connectivity index (χ0) is 20.9. The molecule has 0 radical (unpaired) electrons. The highest BCUT2D eigenvalue weighted by molar-refractivity contribution is 6.05. The number of aromatic nitrogens is 1. The highest BCUT2D eigenvalue weighted by Crippen LogP contribution is 2.31. The summed E-state index contributed by atoms with van der Waals surface area (Å²) in [7, 11) is 0. The third-order valence-electron chi connectivity index (χ3n) is 5.01. The molecule has 0 fully saturated rings. The lowest BCUT2D eigenvalue weighted by molar-refractivity contribution is 0.0953. The van der Waals surface area contributed by atoms with Crippen molar-refractivity contribution < 1.29 is 14.0 Å². The zero-order valence-electron chi connectivity index (χ0n) is 16.3. The molecule has 1 aromatic heterocycles. The summed E-state index contributed by atoms with van der Waals surface area (Å²) in [5.74, 6) is -0.526.